The van der Waals surface area contributed by atoms with Crippen molar-refractivity contribution in [1.82, 2.24) is 45.5 Å². The lowest BCUT2D eigenvalue weighted by atomic mass is 10.0. The van der Waals surface area contributed by atoms with Crippen molar-refractivity contribution in [2.45, 2.75) is 138 Å². The Morgan fingerprint density at radius 1 is 0.654 bits per heavy atom. The van der Waals surface area contributed by atoms with Crippen molar-refractivity contribution in [2.75, 3.05) is 51.3 Å². The highest BCUT2D eigenvalue weighted by atomic mass is 79.9. The van der Waals surface area contributed by atoms with E-state index in [0.29, 0.717) is 51.4 Å². The summed E-state index contributed by atoms with van der Waals surface area (Å²) in [6.45, 7) is 13.8. The number of halogens is 2. The maximum Gasteiger partial charge on any atom is 0.312 e. The molecule has 3 amide bonds. The first-order valence-corrected chi connectivity index (χ1v) is 27.6. The number of fused-ring (bicyclic) bond motifs is 2. The number of aryl methyl sites for hydroxylation is 4. The molecule has 0 unspecified atom stereocenters. The van der Waals surface area contributed by atoms with E-state index in [4.69, 9.17) is 39.8 Å². The van der Waals surface area contributed by atoms with Crippen LogP contribution in [0.25, 0.3) is 22.1 Å². The minimum Gasteiger partial charge on any atom is -0.496 e. The zero-order valence-electron chi connectivity index (χ0n) is 44.7. The maximum atomic E-state index is 12.7. The van der Waals surface area contributed by atoms with Crippen LogP contribution >= 0.6 is 31.9 Å². The van der Waals surface area contributed by atoms with Gasteiger partial charge in [-0.15, -0.1) is 0 Å². The Hall–Kier alpha value is -6.40. The third-order valence-electron chi connectivity index (χ3n) is 13.1. The molecule has 0 bridgehead atoms. The fourth-order valence-corrected chi connectivity index (χ4v) is 10.1. The monoisotopic (exact) mass is 1210 g/mol. The second-order valence-corrected chi connectivity index (χ2v) is 19.9. The lowest BCUT2D eigenvalue weighted by molar-refractivity contribution is -0.141. The van der Waals surface area contributed by atoms with Gasteiger partial charge in [-0.05, 0) is 120 Å². The molecule has 2 saturated heterocycles. The Balaban J connectivity index is 0.000000245. The van der Waals surface area contributed by atoms with Crippen LogP contribution in [0.1, 0.15) is 107 Å². The number of nitrogens with two attached hydrogens (primary N) is 1. The standard InChI is InChI=1S/C27H35BrN6O4.C19H27N5O4.C8H10BrNO.CH4/c1-4-22-19(15-30-25(36)13-24(35)29-14-17-6-7-23(37-3)21(28)12-17)26(32-18-8-10-38-11-9-18)20-16-31-34(5-2)27(20)33-22;1-3-15-13(10-20-16(25)9-17(26)27)18(22-12-5-7-28-8-6-12)14-11-21-24(4-2)19(14)23-15;1-11-8-3-2-6(5-10)4-7(8)9;/h6-7,12,16,18H,4-5,8-11,13-15H2,1-3H3,(H,29,35)(H,30,36)(H,32,33);11-12H,3-10H2,1-2H3,(H,20,25)(H,22,23)(H,26,27);2-4H,5,10H2,1H3;1H4. The minimum atomic E-state index is -1.15. The van der Waals surface area contributed by atoms with Gasteiger partial charge in [-0.1, -0.05) is 33.4 Å². The van der Waals surface area contributed by atoms with Crippen LogP contribution in [0, 0.1) is 0 Å². The molecule has 0 spiro atoms. The number of rotatable bonds is 21. The number of aromatic nitrogens is 6. The summed E-state index contributed by atoms with van der Waals surface area (Å²) in [5, 5.41) is 35.4. The van der Waals surface area contributed by atoms with Crippen LogP contribution in [0.5, 0.6) is 11.5 Å². The van der Waals surface area contributed by atoms with Gasteiger partial charge in [0.25, 0.3) is 0 Å². The van der Waals surface area contributed by atoms with Crippen molar-refractivity contribution < 1.29 is 43.2 Å². The number of methoxy groups -OCH3 is 2. The van der Waals surface area contributed by atoms with E-state index in [1.165, 1.54) is 0 Å². The number of carbonyl (C=O) groups excluding carboxylic acids is 3. The number of ether oxygens (including phenoxy) is 4. The molecule has 2 aliphatic heterocycles. The van der Waals surface area contributed by atoms with Gasteiger partial charge in [-0.2, -0.15) is 10.2 Å². The molecule has 2 aromatic carbocycles. The molecular weight excluding hydrogens is 1130 g/mol. The molecule has 0 aliphatic carbocycles. The van der Waals surface area contributed by atoms with E-state index in [0.717, 1.165) is 127 Å². The lowest BCUT2D eigenvalue weighted by Crippen LogP contribution is -2.32. The molecule has 0 atom stereocenters. The van der Waals surface area contributed by atoms with Crippen LogP contribution in [-0.4, -0.2) is 111 Å². The van der Waals surface area contributed by atoms with Gasteiger partial charge in [-0.25, -0.2) is 19.3 Å². The highest BCUT2D eigenvalue weighted by molar-refractivity contribution is 9.11. The highest BCUT2D eigenvalue weighted by Gasteiger charge is 2.24. The molecule has 2 aliphatic rings. The molecule has 0 saturated carbocycles. The molecule has 8 N–H and O–H groups in total. The largest absolute Gasteiger partial charge is 0.496 e. The SMILES string of the molecule is C.CCc1nc2c(cnn2CC)c(NC2CCOCC2)c1CNC(=O)CC(=O)NCc1ccc(OC)c(Br)c1.CCc1nc2c(cnn2CC)c(NC2CCOCC2)c1CNC(=O)CC(=O)O.COc1ccc(CN)cc1Br. The maximum absolute atomic E-state index is 12.7. The zero-order valence-corrected chi connectivity index (χ0v) is 47.9. The molecule has 21 nitrogen and oxygen atoms in total. The Kier molecular flexibility index (Phi) is 25.0. The number of carboxylic acids is 1. The molecule has 424 valence electrons. The summed E-state index contributed by atoms with van der Waals surface area (Å²) in [4.78, 5) is 57.5. The molecule has 0 radical (unpaired) electrons. The number of nitrogens with zero attached hydrogens (tertiary/aromatic N) is 6. The molecule has 23 heteroatoms. The van der Waals surface area contributed by atoms with Crippen LogP contribution in [-0.2, 0) is 80.8 Å². The number of benzene rings is 2. The van der Waals surface area contributed by atoms with E-state index in [9.17, 15) is 19.2 Å². The molecule has 4 aromatic heterocycles. The normalized spacial score (nSPS) is 13.5. The average molecular weight is 1210 g/mol. The quantitative estimate of drug-likeness (QED) is 0.0337. The Morgan fingerprint density at radius 3 is 1.45 bits per heavy atom. The van der Waals surface area contributed by atoms with Crippen molar-refractivity contribution in [3.05, 3.63) is 91.4 Å². The number of hydrogen-bond acceptors (Lipinski definition) is 15. The van der Waals surface area contributed by atoms with Gasteiger partial charge in [0.15, 0.2) is 11.3 Å². The Labute approximate surface area is 473 Å². The number of carbonyl (C=O) groups is 4. The fraction of sp³-hybridized carbons (Fsp3) is 0.491. The van der Waals surface area contributed by atoms with Crippen LogP contribution in [0.2, 0.25) is 0 Å². The Bertz CT molecular complexity index is 2960. The number of hydrogen-bond donors (Lipinski definition) is 7. The molecule has 2 fully saturated rings. The average Bonchev–Trinajstić information content (AvgIpc) is 4.12. The first kappa shape index (κ1) is 62.4. The van der Waals surface area contributed by atoms with Gasteiger partial charge in [0, 0.05) is 100 Å². The fourth-order valence-electron chi connectivity index (χ4n) is 8.90. The van der Waals surface area contributed by atoms with E-state index in [1.54, 1.807) is 20.4 Å². The van der Waals surface area contributed by atoms with Crippen molar-refractivity contribution in [2.24, 2.45) is 5.73 Å². The van der Waals surface area contributed by atoms with E-state index in [-0.39, 0.29) is 50.8 Å². The number of pyridine rings is 2. The molecule has 8 rings (SSSR count). The molecule has 6 aromatic rings. The predicted octanol–water partition coefficient (Wildman–Crippen LogP) is 7.95. The molecule has 78 heavy (non-hydrogen) atoms. The highest BCUT2D eigenvalue weighted by Crippen LogP contribution is 2.33. The lowest BCUT2D eigenvalue weighted by Gasteiger charge is -2.26. The number of anilines is 2. The molecular formula is C55H76Br2N12O9. The van der Waals surface area contributed by atoms with Crippen molar-refractivity contribution in [1.29, 1.82) is 0 Å². The zero-order chi connectivity index (χ0) is 55.4. The van der Waals surface area contributed by atoms with Gasteiger partial charge >= 0.3 is 5.97 Å². The van der Waals surface area contributed by atoms with E-state index < -0.39 is 18.3 Å². The summed E-state index contributed by atoms with van der Waals surface area (Å²) in [6, 6.07) is 11.9. The van der Waals surface area contributed by atoms with Crippen molar-refractivity contribution in [3.63, 3.8) is 0 Å². The van der Waals surface area contributed by atoms with Gasteiger partial charge < -0.3 is 56.4 Å². The molecule has 6 heterocycles. The second kappa shape index (κ2) is 31.3. The summed E-state index contributed by atoms with van der Waals surface area (Å²) in [6.07, 6.45) is 7.84. The number of carboxylic acid groups (broad SMARTS) is 1. The van der Waals surface area contributed by atoms with Gasteiger partial charge in [0.05, 0.1) is 57.7 Å². The van der Waals surface area contributed by atoms with E-state index in [2.05, 4.69) is 75.6 Å². The van der Waals surface area contributed by atoms with Gasteiger partial charge in [0.1, 0.15) is 24.3 Å². The summed E-state index contributed by atoms with van der Waals surface area (Å²) in [5.41, 5.74) is 14.5. The van der Waals surface area contributed by atoms with Crippen molar-refractivity contribution >= 4 is 89.0 Å². The van der Waals surface area contributed by atoms with Crippen LogP contribution in [0.3, 0.4) is 0 Å². The Morgan fingerprint density at radius 2 is 1.06 bits per heavy atom. The third kappa shape index (κ3) is 17.1. The first-order valence-electron chi connectivity index (χ1n) is 26.0. The van der Waals surface area contributed by atoms with Gasteiger partial charge in [0.2, 0.25) is 17.7 Å². The van der Waals surface area contributed by atoms with Crippen molar-refractivity contribution in [3.8, 4) is 11.5 Å². The third-order valence-corrected chi connectivity index (χ3v) is 14.3. The van der Waals surface area contributed by atoms with Crippen LogP contribution in [0.4, 0.5) is 11.4 Å². The van der Waals surface area contributed by atoms with Crippen LogP contribution in [0.15, 0.2) is 57.7 Å². The number of nitrogens with one attached hydrogen (secondary N) is 5. The first-order chi connectivity index (χ1) is 37.2. The summed E-state index contributed by atoms with van der Waals surface area (Å²) in [7, 11) is 3.24. The van der Waals surface area contributed by atoms with E-state index >= 15 is 0 Å². The number of aliphatic carboxylic acids is 1. The second-order valence-electron chi connectivity index (χ2n) is 18.2. The van der Waals surface area contributed by atoms with Crippen LogP contribution < -0.4 is 41.8 Å². The van der Waals surface area contributed by atoms with E-state index in [1.807, 2.05) is 72.7 Å². The predicted molar refractivity (Wildman–Crippen MR) is 309 cm³/mol. The number of amides is 3. The minimum absolute atomic E-state index is 0. The summed E-state index contributed by atoms with van der Waals surface area (Å²) >= 11 is 6.81. The summed E-state index contributed by atoms with van der Waals surface area (Å²) < 4.78 is 26.8. The summed E-state index contributed by atoms with van der Waals surface area (Å²) in [5.74, 6) is -0.804. The topological polar surface area (TPSA) is 273 Å². The smallest absolute Gasteiger partial charge is 0.312 e. The van der Waals surface area contributed by atoms with Gasteiger partial charge in [-0.3, -0.25) is 19.2 Å².